The number of unbranched alkanes of at least 4 members (excludes halogenated alkanes) is 36. The van der Waals surface area contributed by atoms with Gasteiger partial charge < -0.3 is 19.4 Å². The van der Waals surface area contributed by atoms with E-state index < -0.39 is 20.0 Å². The van der Waals surface area contributed by atoms with Gasteiger partial charge in [0.25, 0.3) is 0 Å². The van der Waals surface area contributed by atoms with Crippen molar-refractivity contribution in [1.82, 2.24) is 5.32 Å². The van der Waals surface area contributed by atoms with Crippen molar-refractivity contribution in [3.63, 3.8) is 0 Å². The van der Waals surface area contributed by atoms with Crippen LogP contribution in [0.3, 0.4) is 0 Å². The smallest absolute Gasteiger partial charge is 0.456 e. The number of likely N-dealkylation sites (N-methyl/N-ethyl adjacent to an activating group) is 1. The van der Waals surface area contributed by atoms with Crippen LogP contribution in [0.1, 0.15) is 303 Å². The molecule has 0 aliphatic rings. The second kappa shape index (κ2) is 55.3. The highest BCUT2D eigenvalue weighted by molar-refractivity contribution is 7.47. The van der Waals surface area contributed by atoms with E-state index in [4.69, 9.17) is 13.8 Å². The molecule has 0 rings (SSSR count). The van der Waals surface area contributed by atoms with Gasteiger partial charge in [-0.25, -0.2) is 4.57 Å². The normalized spacial score (nSPS) is 14.0. The van der Waals surface area contributed by atoms with Crippen LogP contribution in [0.4, 0.5) is 0 Å². The van der Waals surface area contributed by atoms with E-state index in [1.165, 1.54) is 212 Å². The van der Waals surface area contributed by atoms with Crippen LogP contribution in [0.2, 0.25) is 0 Å². The zero-order valence-electron chi connectivity index (χ0n) is 50.3. The van der Waals surface area contributed by atoms with Crippen LogP contribution in [0.5, 0.6) is 0 Å². The zero-order chi connectivity index (χ0) is 55.0. The number of quaternary nitrogens is 1. The second-order valence-corrected chi connectivity index (χ2v) is 24.4. The lowest BCUT2D eigenvalue weighted by Gasteiger charge is -2.27. The molecule has 1 amide bonds. The topological polar surface area (TPSA) is 111 Å². The van der Waals surface area contributed by atoms with Gasteiger partial charge in [0, 0.05) is 12.8 Å². The molecule has 0 aromatic carbocycles. The Kier molecular flexibility index (Phi) is 53.8. The minimum absolute atomic E-state index is 0.0336. The lowest BCUT2D eigenvalue weighted by molar-refractivity contribution is -0.870. The van der Waals surface area contributed by atoms with Crippen LogP contribution in [0.25, 0.3) is 0 Å². The van der Waals surface area contributed by atoms with Gasteiger partial charge in [0.1, 0.15) is 19.3 Å². The van der Waals surface area contributed by atoms with Gasteiger partial charge in [-0.2, -0.15) is 0 Å². The lowest BCUT2D eigenvalue weighted by Crippen LogP contribution is -2.47. The number of nitrogens with zero attached hydrogens (tertiary/aromatic N) is 1. The highest BCUT2D eigenvalue weighted by Gasteiger charge is 2.30. The Balaban J connectivity index is 5.19. The van der Waals surface area contributed by atoms with Gasteiger partial charge in [0.15, 0.2) is 0 Å². The molecule has 0 bridgehead atoms. The van der Waals surface area contributed by atoms with E-state index in [2.05, 4.69) is 56.5 Å². The first-order chi connectivity index (χ1) is 36.4. The zero-order valence-corrected chi connectivity index (χ0v) is 51.2. The molecule has 0 aromatic heterocycles. The summed E-state index contributed by atoms with van der Waals surface area (Å²) >= 11 is 0. The summed E-state index contributed by atoms with van der Waals surface area (Å²) < 4.78 is 30.6. The minimum atomic E-state index is -4.46. The Bertz CT molecular complexity index is 1420. The monoisotopic (exact) mass is 1080 g/mol. The van der Waals surface area contributed by atoms with Gasteiger partial charge in [0.2, 0.25) is 5.91 Å². The van der Waals surface area contributed by atoms with Gasteiger partial charge >= 0.3 is 13.8 Å². The van der Waals surface area contributed by atoms with E-state index in [-0.39, 0.29) is 31.5 Å². The van der Waals surface area contributed by atoms with Crippen molar-refractivity contribution in [2.24, 2.45) is 0 Å². The largest absolute Gasteiger partial charge is 0.472 e. The molecule has 75 heavy (non-hydrogen) atoms. The van der Waals surface area contributed by atoms with Gasteiger partial charge in [-0.1, -0.05) is 262 Å². The molecule has 0 aromatic rings. The quantitative estimate of drug-likeness (QED) is 0.0205. The molecule has 0 fully saturated rings. The van der Waals surface area contributed by atoms with Gasteiger partial charge in [-0.05, 0) is 76.7 Å². The number of allylic oxidation sites excluding steroid dienone is 7. The van der Waals surface area contributed by atoms with Crippen molar-refractivity contribution in [1.29, 1.82) is 0 Å². The number of carbonyl (C=O) groups excluding carboxylic acids is 2. The highest BCUT2D eigenvalue weighted by Crippen LogP contribution is 2.43. The minimum Gasteiger partial charge on any atom is -0.456 e. The predicted octanol–water partition coefficient (Wildman–Crippen LogP) is 19.7. The first-order valence-electron chi connectivity index (χ1n) is 32.0. The van der Waals surface area contributed by atoms with Crippen LogP contribution in [0, 0.1) is 0 Å². The summed E-state index contributed by atoms with van der Waals surface area (Å²) in [6.07, 6.45) is 68.4. The maximum absolute atomic E-state index is 13.6. The fourth-order valence-corrected chi connectivity index (χ4v) is 10.0. The summed E-state index contributed by atoms with van der Waals surface area (Å²) in [5, 5.41) is 3.05. The molecule has 3 unspecified atom stereocenters. The number of amides is 1. The van der Waals surface area contributed by atoms with Crippen LogP contribution in [0.15, 0.2) is 48.6 Å². The number of carbonyl (C=O) groups is 2. The summed E-state index contributed by atoms with van der Waals surface area (Å²) in [7, 11) is 1.48. The van der Waals surface area contributed by atoms with Gasteiger partial charge in [-0.3, -0.25) is 18.6 Å². The molecule has 440 valence electrons. The number of phosphoric ester groups is 1. The fraction of sp³-hybridized carbons (Fsp3) is 0.846. The molecular formula is C65H124N2O7P+. The number of ether oxygens (including phenoxy) is 1. The van der Waals surface area contributed by atoms with E-state index in [1.54, 1.807) is 0 Å². The Morgan fingerprint density at radius 2 is 0.827 bits per heavy atom. The third-order valence-corrected chi connectivity index (χ3v) is 15.2. The molecule has 3 atom stereocenters. The molecule has 0 saturated heterocycles. The predicted molar refractivity (Wildman–Crippen MR) is 323 cm³/mol. The van der Waals surface area contributed by atoms with E-state index in [9.17, 15) is 19.0 Å². The maximum Gasteiger partial charge on any atom is 0.472 e. The lowest BCUT2D eigenvalue weighted by atomic mass is 10.0. The van der Waals surface area contributed by atoms with Crippen LogP contribution in [-0.4, -0.2) is 74.3 Å². The number of phosphoric acid groups is 1. The molecule has 0 aliphatic heterocycles. The molecule has 0 aliphatic carbocycles. The van der Waals surface area contributed by atoms with E-state index in [0.29, 0.717) is 23.9 Å². The fourth-order valence-electron chi connectivity index (χ4n) is 9.28. The first kappa shape index (κ1) is 73.0. The number of rotatable bonds is 58. The summed E-state index contributed by atoms with van der Waals surface area (Å²) in [5.74, 6) is -0.574. The Morgan fingerprint density at radius 1 is 0.467 bits per heavy atom. The molecule has 2 N–H and O–H groups in total. The number of hydrogen-bond acceptors (Lipinski definition) is 6. The van der Waals surface area contributed by atoms with Crippen LogP contribution in [-0.2, 0) is 27.9 Å². The van der Waals surface area contributed by atoms with Crippen molar-refractivity contribution in [2.45, 2.75) is 315 Å². The molecule has 10 heteroatoms. The number of nitrogens with one attached hydrogen (secondary N) is 1. The number of hydrogen-bond donors (Lipinski definition) is 2. The van der Waals surface area contributed by atoms with Crippen molar-refractivity contribution in [2.75, 3.05) is 40.9 Å². The Labute approximate surface area is 465 Å². The first-order valence-corrected chi connectivity index (χ1v) is 33.5. The van der Waals surface area contributed by atoms with Crippen molar-refractivity contribution in [3.8, 4) is 0 Å². The third-order valence-electron chi connectivity index (χ3n) is 14.3. The summed E-state index contributed by atoms with van der Waals surface area (Å²) in [6.45, 7) is 6.99. The second-order valence-electron chi connectivity index (χ2n) is 22.9. The average Bonchev–Trinajstić information content (AvgIpc) is 3.37. The van der Waals surface area contributed by atoms with Crippen molar-refractivity contribution in [3.05, 3.63) is 48.6 Å². The average molecular weight is 1080 g/mol. The molecule has 9 nitrogen and oxygen atoms in total. The van der Waals surface area contributed by atoms with E-state index in [1.807, 2.05) is 39.4 Å². The summed E-state index contributed by atoms with van der Waals surface area (Å²) in [5.41, 5.74) is 0. The molecule has 0 spiro atoms. The van der Waals surface area contributed by atoms with Gasteiger partial charge in [-0.15, -0.1) is 0 Å². The standard InChI is InChI=1S/C65H123N2O7P/c1-7-10-13-16-19-22-25-28-29-30-31-32-33-34-35-36-37-40-42-45-48-51-54-57-64(68)66-62(61-73-75(70,71)72-60-59-67(4,5)6)63(56-53-50-47-44-41-38-26-23-20-17-14-11-8-2)74-65(69)58-55-52-49-46-43-39-27-24-21-18-15-12-9-3/h28-29,39,43,49,52-53,56,62-63H,7-27,30-38,40-42,44-48,50-51,54-55,57-61H2,1-6H3,(H-,66,68,70,71)/p+1/b29-28+,43-39-,52-49+,56-53-. The SMILES string of the molecule is CCCCCCCC/C=C\C/C=C/CCC(=O)OC(/C=C\CCCCCCCCCCCCC)C(COP(=O)(O)OCC[N+](C)(C)C)NC(=O)CCCCCCCCCCCCCCC/C=C/CCCCCCCC. The number of esters is 1. The summed E-state index contributed by atoms with van der Waals surface area (Å²) in [6, 6.07) is -0.869. The summed E-state index contributed by atoms with van der Waals surface area (Å²) in [4.78, 5) is 37.7. The van der Waals surface area contributed by atoms with E-state index >= 15 is 0 Å². The van der Waals surface area contributed by atoms with E-state index in [0.717, 1.165) is 51.4 Å². The van der Waals surface area contributed by atoms with Crippen LogP contribution < -0.4 is 5.32 Å². The van der Waals surface area contributed by atoms with Crippen molar-refractivity contribution < 1.29 is 37.3 Å². The van der Waals surface area contributed by atoms with Crippen LogP contribution >= 0.6 is 7.82 Å². The molecule has 0 radical (unpaired) electrons. The highest BCUT2D eigenvalue weighted by atomic mass is 31.2. The molecule has 0 saturated carbocycles. The molecule has 0 heterocycles. The van der Waals surface area contributed by atoms with Gasteiger partial charge in [0.05, 0.1) is 33.8 Å². The maximum atomic E-state index is 13.6. The van der Waals surface area contributed by atoms with Crippen molar-refractivity contribution >= 4 is 19.7 Å². The molecular weight excluding hydrogens is 952 g/mol. The Morgan fingerprint density at radius 3 is 1.24 bits per heavy atom. The third kappa shape index (κ3) is 56.5. The Hall–Kier alpha value is -2.03.